The fourth-order valence-corrected chi connectivity index (χ4v) is 2.80. The maximum Gasteiger partial charge on any atom is -0.0257 e. The molecule has 0 amide bonds. The summed E-state index contributed by atoms with van der Waals surface area (Å²) in [6.07, 6.45) is 17.8. The minimum absolute atomic E-state index is 1.26. The average molecular weight is 287 g/mol. The zero-order valence-electron chi connectivity index (χ0n) is 14.2. The Morgan fingerprint density at radius 3 is 1.86 bits per heavy atom. The van der Waals surface area contributed by atoms with Crippen molar-refractivity contribution in [3.05, 3.63) is 41.5 Å². The minimum atomic E-state index is 1.26. The predicted molar refractivity (Wildman–Crippen MR) is 96.6 cm³/mol. The van der Waals surface area contributed by atoms with Crippen LogP contribution in [0.2, 0.25) is 0 Å². The first-order valence-electron chi connectivity index (χ1n) is 9.05. The topological polar surface area (TPSA) is 0 Å². The third kappa shape index (κ3) is 10.3. The first-order valence-corrected chi connectivity index (χ1v) is 9.05. The molecule has 0 radical (unpaired) electrons. The number of benzene rings is 1. The summed E-state index contributed by atoms with van der Waals surface area (Å²) in [5.41, 5.74) is 2.85. The molecule has 0 aliphatic carbocycles. The highest BCUT2D eigenvalue weighted by Crippen LogP contribution is 2.15. The molecular formula is C21H34. The summed E-state index contributed by atoms with van der Waals surface area (Å²) in [5.74, 6) is 0. The van der Waals surface area contributed by atoms with E-state index in [0.29, 0.717) is 0 Å². The highest BCUT2D eigenvalue weighted by molar-refractivity contribution is 5.51. The van der Waals surface area contributed by atoms with E-state index in [0.717, 1.165) is 0 Å². The van der Waals surface area contributed by atoms with Crippen LogP contribution in [0.1, 0.15) is 90.0 Å². The van der Waals surface area contributed by atoms with Crippen molar-refractivity contribution in [2.24, 2.45) is 0 Å². The van der Waals surface area contributed by atoms with Crippen molar-refractivity contribution in [2.75, 3.05) is 0 Å². The molecule has 0 spiro atoms. The fourth-order valence-electron chi connectivity index (χ4n) is 2.80. The summed E-state index contributed by atoms with van der Waals surface area (Å²) in [6, 6.07) is 10.7. The fraction of sp³-hybridized carbons (Fsp3) is 0.619. The molecule has 0 bridgehead atoms. The Morgan fingerprint density at radius 2 is 1.29 bits per heavy atom. The zero-order chi connectivity index (χ0) is 15.2. The molecule has 0 aliphatic heterocycles. The van der Waals surface area contributed by atoms with Crippen LogP contribution in [-0.4, -0.2) is 0 Å². The second kappa shape index (κ2) is 12.7. The van der Waals surface area contributed by atoms with Gasteiger partial charge in [0.15, 0.2) is 0 Å². The molecule has 0 saturated heterocycles. The van der Waals surface area contributed by atoms with Gasteiger partial charge in [-0.2, -0.15) is 0 Å². The molecule has 118 valence electrons. The zero-order valence-corrected chi connectivity index (χ0v) is 14.2. The SMILES string of the molecule is CCCCCCCCCCCCC(C)=Cc1ccccc1. The Kier molecular flexibility index (Phi) is 10.9. The van der Waals surface area contributed by atoms with Gasteiger partial charge in [-0.15, -0.1) is 0 Å². The lowest BCUT2D eigenvalue weighted by Crippen LogP contribution is -1.83. The molecule has 1 aromatic carbocycles. The van der Waals surface area contributed by atoms with Gasteiger partial charge in [0.2, 0.25) is 0 Å². The third-order valence-electron chi connectivity index (χ3n) is 4.14. The largest absolute Gasteiger partial charge is 0.0727 e. The summed E-state index contributed by atoms with van der Waals surface area (Å²) in [5, 5.41) is 0. The van der Waals surface area contributed by atoms with Crippen molar-refractivity contribution in [2.45, 2.75) is 84.5 Å². The van der Waals surface area contributed by atoms with Crippen LogP contribution in [0.4, 0.5) is 0 Å². The van der Waals surface area contributed by atoms with E-state index < -0.39 is 0 Å². The highest BCUT2D eigenvalue weighted by atomic mass is 14.0. The van der Waals surface area contributed by atoms with Crippen molar-refractivity contribution in [3.63, 3.8) is 0 Å². The van der Waals surface area contributed by atoms with Gasteiger partial charge in [-0.1, -0.05) is 107 Å². The Hall–Kier alpha value is -1.04. The molecular weight excluding hydrogens is 252 g/mol. The van der Waals surface area contributed by atoms with Crippen molar-refractivity contribution in [1.82, 2.24) is 0 Å². The third-order valence-corrected chi connectivity index (χ3v) is 4.14. The lowest BCUT2D eigenvalue weighted by Gasteiger charge is -2.03. The number of hydrogen-bond acceptors (Lipinski definition) is 0. The molecule has 0 nitrogen and oxygen atoms in total. The Labute approximate surface area is 132 Å². The quantitative estimate of drug-likeness (QED) is 0.351. The van der Waals surface area contributed by atoms with E-state index in [2.05, 4.69) is 50.3 Å². The molecule has 0 atom stereocenters. The first-order chi connectivity index (χ1) is 10.3. The average Bonchev–Trinajstić information content (AvgIpc) is 2.50. The van der Waals surface area contributed by atoms with E-state index in [1.807, 2.05) is 0 Å². The van der Waals surface area contributed by atoms with Crippen LogP contribution in [0.15, 0.2) is 35.9 Å². The van der Waals surface area contributed by atoms with Gasteiger partial charge in [0.05, 0.1) is 0 Å². The Balaban J connectivity index is 1.95. The molecule has 1 aromatic rings. The first kappa shape index (κ1) is 18.0. The lowest BCUT2D eigenvalue weighted by atomic mass is 10.0. The molecule has 0 heteroatoms. The van der Waals surface area contributed by atoms with Gasteiger partial charge < -0.3 is 0 Å². The molecule has 0 saturated carbocycles. The van der Waals surface area contributed by atoms with Crippen LogP contribution in [-0.2, 0) is 0 Å². The van der Waals surface area contributed by atoms with Gasteiger partial charge in [-0.05, 0) is 25.3 Å². The van der Waals surface area contributed by atoms with E-state index >= 15 is 0 Å². The van der Waals surface area contributed by atoms with Gasteiger partial charge >= 0.3 is 0 Å². The van der Waals surface area contributed by atoms with Crippen molar-refractivity contribution in [1.29, 1.82) is 0 Å². The molecule has 21 heavy (non-hydrogen) atoms. The summed E-state index contributed by atoms with van der Waals surface area (Å²) < 4.78 is 0. The summed E-state index contributed by atoms with van der Waals surface area (Å²) >= 11 is 0. The van der Waals surface area contributed by atoms with Gasteiger partial charge in [0.25, 0.3) is 0 Å². The summed E-state index contributed by atoms with van der Waals surface area (Å²) in [7, 11) is 0. The van der Waals surface area contributed by atoms with Gasteiger partial charge in [0, 0.05) is 0 Å². The number of unbranched alkanes of at least 4 members (excludes halogenated alkanes) is 9. The van der Waals surface area contributed by atoms with Crippen LogP contribution >= 0.6 is 0 Å². The van der Waals surface area contributed by atoms with Gasteiger partial charge in [0.1, 0.15) is 0 Å². The minimum Gasteiger partial charge on any atom is -0.0727 e. The Morgan fingerprint density at radius 1 is 0.762 bits per heavy atom. The molecule has 0 N–H and O–H groups in total. The lowest BCUT2D eigenvalue weighted by molar-refractivity contribution is 0.556. The van der Waals surface area contributed by atoms with E-state index in [-0.39, 0.29) is 0 Å². The second-order valence-electron chi connectivity index (χ2n) is 6.33. The van der Waals surface area contributed by atoms with Crippen LogP contribution < -0.4 is 0 Å². The van der Waals surface area contributed by atoms with Crippen LogP contribution in [0.3, 0.4) is 0 Å². The maximum absolute atomic E-state index is 2.33. The van der Waals surface area contributed by atoms with E-state index in [9.17, 15) is 0 Å². The normalized spacial score (nSPS) is 11.8. The molecule has 0 aromatic heterocycles. The van der Waals surface area contributed by atoms with E-state index in [1.54, 1.807) is 0 Å². The maximum atomic E-state index is 2.33. The smallest absolute Gasteiger partial charge is 0.0257 e. The number of rotatable bonds is 12. The van der Waals surface area contributed by atoms with Crippen molar-refractivity contribution in [3.8, 4) is 0 Å². The predicted octanol–water partition coefficient (Wildman–Crippen LogP) is 7.40. The van der Waals surface area contributed by atoms with E-state index in [1.165, 1.54) is 81.8 Å². The van der Waals surface area contributed by atoms with Crippen LogP contribution in [0.5, 0.6) is 0 Å². The summed E-state index contributed by atoms with van der Waals surface area (Å²) in [6.45, 7) is 4.55. The molecule has 0 unspecified atom stereocenters. The van der Waals surface area contributed by atoms with Crippen molar-refractivity contribution < 1.29 is 0 Å². The highest BCUT2D eigenvalue weighted by Gasteiger charge is 1.95. The van der Waals surface area contributed by atoms with Crippen LogP contribution in [0.25, 0.3) is 6.08 Å². The van der Waals surface area contributed by atoms with Crippen molar-refractivity contribution >= 4 is 6.08 Å². The molecule has 0 fully saturated rings. The molecule has 0 aliphatic rings. The molecule has 0 heterocycles. The second-order valence-corrected chi connectivity index (χ2v) is 6.33. The van der Waals surface area contributed by atoms with Gasteiger partial charge in [-0.3, -0.25) is 0 Å². The number of hydrogen-bond donors (Lipinski definition) is 0. The van der Waals surface area contributed by atoms with Crippen LogP contribution in [0, 0.1) is 0 Å². The standard InChI is InChI=1S/C21H34/c1-3-4-5-6-7-8-9-10-11-13-16-20(2)19-21-17-14-12-15-18-21/h12,14-15,17-19H,3-11,13,16H2,1-2H3. The molecule has 1 rings (SSSR count). The number of allylic oxidation sites excluding steroid dienone is 1. The summed E-state index contributed by atoms with van der Waals surface area (Å²) in [4.78, 5) is 0. The van der Waals surface area contributed by atoms with E-state index in [4.69, 9.17) is 0 Å². The monoisotopic (exact) mass is 286 g/mol. The van der Waals surface area contributed by atoms with Gasteiger partial charge in [-0.25, -0.2) is 0 Å². The Bertz CT molecular complexity index is 361.